The van der Waals surface area contributed by atoms with Crippen LogP contribution in [0.15, 0.2) is 0 Å². The van der Waals surface area contributed by atoms with Crippen molar-refractivity contribution in [1.82, 2.24) is 0 Å². The maximum Gasteiger partial charge on any atom is 0.0622 e. The first-order chi connectivity index (χ1) is 8.75. The highest BCUT2D eigenvalue weighted by Crippen LogP contribution is 2.30. The molecule has 0 radical (unpaired) electrons. The van der Waals surface area contributed by atoms with Crippen molar-refractivity contribution < 1.29 is 4.74 Å². The van der Waals surface area contributed by atoms with E-state index < -0.39 is 0 Å². The van der Waals surface area contributed by atoms with Gasteiger partial charge in [-0.25, -0.2) is 0 Å². The fraction of sp³-hybridized carbons (Fsp3) is 1.00. The Morgan fingerprint density at radius 2 is 1.28 bits per heavy atom. The Hall–Kier alpha value is -0.0800. The number of hydrogen-bond acceptors (Lipinski definition) is 2. The minimum absolute atomic E-state index is 0.505. The molecule has 1 saturated carbocycles. The van der Waals surface area contributed by atoms with Crippen molar-refractivity contribution in [3.63, 3.8) is 0 Å². The lowest BCUT2D eigenvalue weighted by Gasteiger charge is -2.31. The van der Waals surface area contributed by atoms with Crippen molar-refractivity contribution in [1.29, 1.82) is 0 Å². The van der Waals surface area contributed by atoms with Gasteiger partial charge in [-0.2, -0.15) is 0 Å². The van der Waals surface area contributed by atoms with E-state index in [4.69, 9.17) is 4.74 Å². The molecule has 1 atom stereocenters. The molecule has 1 unspecified atom stereocenters. The molecule has 1 aliphatic carbocycles. The molecule has 0 aromatic heterocycles. The van der Waals surface area contributed by atoms with Gasteiger partial charge in [-0.1, -0.05) is 60.8 Å². The Balaban J connectivity index is -0.000000328. The molecule has 2 nitrogen and oxygen atoms in total. The van der Waals surface area contributed by atoms with Crippen LogP contribution >= 0.6 is 0 Å². The molecule has 2 N–H and O–H groups in total. The van der Waals surface area contributed by atoms with Crippen molar-refractivity contribution in [2.24, 2.45) is 17.6 Å². The zero-order valence-electron chi connectivity index (χ0n) is 14.3. The number of rotatable bonds is 3. The van der Waals surface area contributed by atoms with Gasteiger partial charge in [0, 0.05) is 7.11 Å². The minimum atomic E-state index is 0.505. The number of hydrogen-bond donors (Lipinski definition) is 1. The number of methoxy groups -OCH3 is 1. The fourth-order valence-electron chi connectivity index (χ4n) is 2.47. The first-order valence-corrected chi connectivity index (χ1v) is 7.86. The zero-order chi connectivity index (χ0) is 15.0. The van der Waals surface area contributed by atoms with Crippen LogP contribution in [0.4, 0.5) is 0 Å². The summed E-state index contributed by atoms with van der Waals surface area (Å²) in [4.78, 5) is 0. The summed E-state index contributed by atoms with van der Waals surface area (Å²) in [5.41, 5.74) is 4.50. The van der Waals surface area contributed by atoms with Crippen LogP contribution in [0, 0.1) is 11.8 Å². The second-order valence-electron chi connectivity index (χ2n) is 4.34. The Labute approximate surface area is 117 Å². The van der Waals surface area contributed by atoms with Gasteiger partial charge in [0.1, 0.15) is 0 Å². The molecule has 1 aliphatic rings. The first kappa shape index (κ1) is 23.0. The molecule has 1 rings (SSSR count). The summed E-state index contributed by atoms with van der Waals surface area (Å²) in [6.07, 6.45) is 7.54. The average molecular weight is 261 g/mol. The minimum Gasteiger partial charge on any atom is -0.381 e. The number of ether oxygens (including phenoxy) is 1. The van der Waals surface area contributed by atoms with E-state index in [9.17, 15) is 0 Å². The van der Waals surface area contributed by atoms with Gasteiger partial charge in [0.15, 0.2) is 0 Å². The van der Waals surface area contributed by atoms with Gasteiger partial charge >= 0.3 is 0 Å². The maximum absolute atomic E-state index is 5.55. The molecule has 0 aromatic carbocycles. The maximum atomic E-state index is 5.55. The highest BCUT2D eigenvalue weighted by Gasteiger charge is 2.25. The van der Waals surface area contributed by atoms with Gasteiger partial charge in [0.25, 0.3) is 0 Å². The van der Waals surface area contributed by atoms with Gasteiger partial charge in [0.05, 0.1) is 6.10 Å². The lowest BCUT2D eigenvalue weighted by atomic mass is 9.81. The van der Waals surface area contributed by atoms with E-state index in [1.807, 2.05) is 34.8 Å². The summed E-state index contributed by atoms with van der Waals surface area (Å²) in [6.45, 7) is 12.5. The normalized spacial score (nSPS) is 16.3. The summed E-state index contributed by atoms with van der Waals surface area (Å²) in [5.74, 6) is 1.52. The molecular weight excluding hydrogens is 222 g/mol. The average Bonchev–Trinajstić information content (AvgIpc) is 2.47. The van der Waals surface area contributed by atoms with E-state index in [-0.39, 0.29) is 0 Å². The Kier molecular flexibility index (Phi) is 24.7. The third-order valence-corrected chi connectivity index (χ3v) is 3.04. The van der Waals surface area contributed by atoms with Crippen molar-refractivity contribution >= 4 is 0 Å². The standard InChI is InChI=1S/C11H22O.2C2H6.CH5N/c1-9(2)11(12-3)10-7-5-4-6-8-10;3*1-2/h9-11H,4-8H2,1-3H3;2*1-2H3;2H2,1H3. The predicted molar refractivity (Wildman–Crippen MR) is 85.0 cm³/mol. The van der Waals surface area contributed by atoms with E-state index in [0.29, 0.717) is 12.0 Å². The van der Waals surface area contributed by atoms with Crippen molar-refractivity contribution in [2.45, 2.75) is 79.8 Å². The third kappa shape index (κ3) is 11.0. The predicted octanol–water partition coefficient (Wildman–Crippen LogP) is 4.87. The molecule has 114 valence electrons. The van der Waals surface area contributed by atoms with Crippen LogP contribution in [0.3, 0.4) is 0 Å². The van der Waals surface area contributed by atoms with Crippen LogP contribution in [0.5, 0.6) is 0 Å². The quantitative estimate of drug-likeness (QED) is 0.787. The summed E-state index contributed by atoms with van der Waals surface area (Å²) < 4.78 is 5.55. The number of nitrogens with two attached hydrogens (primary N) is 1. The van der Waals surface area contributed by atoms with Crippen LogP contribution in [0.2, 0.25) is 0 Å². The van der Waals surface area contributed by atoms with Gasteiger partial charge in [-0.15, -0.1) is 0 Å². The van der Waals surface area contributed by atoms with E-state index in [1.165, 1.54) is 39.2 Å². The molecule has 0 saturated heterocycles. The monoisotopic (exact) mass is 261 g/mol. The van der Waals surface area contributed by atoms with Gasteiger partial charge in [-0.05, 0) is 31.7 Å². The molecule has 1 fully saturated rings. The highest BCUT2D eigenvalue weighted by atomic mass is 16.5. The zero-order valence-corrected chi connectivity index (χ0v) is 14.3. The van der Waals surface area contributed by atoms with E-state index in [0.717, 1.165) is 5.92 Å². The fourth-order valence-corrected chi connectivity index (χ4v) is 2.47. The van der Waals surface area contributed by atoms with E-state index in [2.05, 4.69) is 19.6 Å². The Morgan fingerprint density at radius 3 is 1.56 bits per heavy atom. The molecule has 2 heteroatoms. The highest BCUT2D eigenvalue weighted by molar-refractivity contribution is 4.76. The lowest BCUT2D eigenvalue weighted by Crippen LogP contribution is -2.29. The van der Waals surface area contributed by atoms with Gasteiger partial charge in [-0.3, -0.25) is 0 Å². The summed E-state index contributed by atoms with van der Waals surface area (Å²) in [7, 11) is 3.36. The van der Waals surface area contributed by atoms with Crippen LogP contribution in [-0.4, -0.2) is 20.3 Å². The Bertz CT molecular complexity index is 120. The van der Waals surface area contributed by atoms with Crippen molar-refractivity contribution in [3.05, 3.63) is 0 Å². The largest absolute Gasteiger partial charge is 0.381 e. The first-order valence-electron chi connectivity index (χ1n) is 7.86. The second-order valence-corrected chi connectivity index (χ2v) is 4.34. The van der Waals surface area contributed by atoms with Gasteiger partial charge in [0.2, 0.25) is 0 Å². The van der Waals surface area contributed by atoms with E-state index in [1.54, 1.807) is 0 Å². The third-order valence-electron chi connectivity index (χ3n) is 3.04. The van der Waals surface area contributed by atoms with Crippen LogP contribution in [0.25, 0.3) is 0 Å². The lowest BCUT2D eigenvalue weighted by molar-refractivity contribution is 0.00393. The van der Waals surface area contributed by atoms with Crippen LogP contribution in [-0.2, 0) is 4.74 Å². The molecule has 18 heavy (non-hydrogen) atoms. The molecule has 0 heterocycles. The van der Waals surface area contributed by atoms with Crippen LogP contribution < -0.4 is 5.73 Å². The molecule has 0 bridgehead atoms. The second kappa shape index (κ2) is 19.3. The topological polar surface area (TPSA) is 35.2 Å². The molecule has 0 spiro atoms. The van der Waals surface area contributed by atoms with Crippen LogP contribution in [0.1, 0.15) is 73.6 Å². The van der Waals surface area contributed by atoms with Gasteiger partial charge < -0.3 is 10.5 Å². The van der Waals surface area contributed by atoms with Crippen molar-refractivity contribution in [2.75, 3.05) is 14.2 Å². The summed E-state index contributed by atoms with van der Waals surface area (Å²) >= 11 is 0. The summed E-state index contributed by atoms with van der Waals surface area (Å²) in [6, 6.07) is 0. The summed E-state index contributed by atoms with van der Waals surface area (Å²) in [5, 5.41) is 0. The molecule has 0 amide bonds. The van der Waals surface area contributed by atoms with Crippen molar-refractivity contribution in [3.8, 4) is 0 Å². The Morgan fingerprint density at radius 1 is 0.889 bits per heavy atom. The smallest absolute Gasteiger partial charge is 0.0622 e. The SMILES string of the molecule is CC.CC.CN.COC(C(C)C)C1CCCCC1. The molecular formula is C16H39NO. The molecule has 0 aliphatic heterocycles. The van der Waals surface area contributed by atoms with E-state index >= 15 is 0 Å². The molecule has 0 aromatic rings.